The molecule has 29 heavy (non-hydrogen) atoms. The molecular formula is C23H46O6. The molecule has 0 radical (unpaired) electrons. The highest BCUT2D eigenvalue weighted by Gasteiger charge is 2.48. The van der Waals surface area contributed by atoms with Gasteiger partial charge in [0.1, 0.15) is 24.4 Å². The van der Waals surface area contributed by atoms with Gasteiger partial charge in [-0.05, 0) is 25.7 Å². The molecule has 0 bridgehead atoms. The van der Waals surface area contributed by atoms with Crippen molar-refractivity contribution < 1.29 is 28.4 Å². The molecule has 1 unspecified atom stereocenters. The van der Waals surface area contributed by atoms with Gasteiger partial charge >= 0.3 is 0 Å². The first-order chi connectivity index (χ1) is 14.2. The van der Waals surface area contributed by atoms with Crippen molar-refractivity contribution in [1.29, 1.82) is 0 Å². The largest absolute Gasteiger partial charge is 0.379 e. The lowest BCUT2D eigenvalue weighted by atomic mass is 9.98. The summed E-state index contributed by atoms with van der Waals surface area (Å²) in [5.74, 6) is 0. The molecule has 0 aromatic carbocycles. The van der Waals surface area contributed by atoms with Crippen LogP contribution in [0.5, 0.6) is 0 Å². The highest BCUT2D eigenvalue weighted by molar-refractivity contribution is 4.93. The van der Waals surface area contributed by atoms with Gasteiger partial charge in [0.15, 0.2) is 6.29 Å². The topological polar surface area (TPSA) is 55.4 Å². The van der Waals surface area contributed by atoms with Gasteiger partial charge in [0.25, 0.3) is 0 Å². The van der Waals surface area contributed by atoms with Gasteiger partial charge in [0.2, 0.25) is 0 Å². The highest BCUT2D eigenvalue weighted by Crippen LogP contribution is 2.29. The molecule has 5 atom stereocenters. The molecule has 174 valence electrons. The van der Waals surface area contributed by atoms with E-state index in [-0.39, 0.29) is 24.4 Å². The van der Waals surface area contributed by atoms with Gasteiger partial charge in [-0.25, -0.2) is 0 Å². The summed E-state index contributed by atoms with van der Waals surface area (Å²) in [4.78, 5) is 0. The molecular weight excluding hydrogens is 372 g/mol. The number of rotatable bonds is 18. The molecule has 0 amide bonds. The van der Waals surface area contributed by atoms with Crippen molar-refractivity contribution in [2.75, 3.05) is 40.1 Å². The first kappa shape index (κ1) is 26.8. The molecule has 0 saturated carbocycles. The van der Waals surface area contributed by atoms with Crippen molar-refractivity contribution in [3.8, 4) is 0 Å². The molecule has 0 aromatic rings. The third-order valence-electron chi connectivity index (χ3n) is 5.17. The van der Waals surface area contributed by atoms with Crippen LogP contribution in [0.3, 0.4) is 0 Å². The summed E-state index contributed by atoms with van der Waals surface area (Å²) in [6.07, 6.45) is 6.96. The molecule has 1 saturated heterocycles. The van der Waals surface area contributed by atoms with E-state index in [1.54, 1.807) is 7.11 Å². The third-order valence-corrected chi connectivity index (χ3v) is 5.17. The lowest BCUT2D eigenvalue weighted by molar-refractivity contribution is -0.318. The predicted octanol–water partition coefficient (Wildman–Crippen LogP) is 4.73. The van der Waals surface area contributed by atoms with Crippen LogP contribution in [0.25, 0.3) is 0 Å². The number of ether oxygens (including phenoxy) is 6. The zero-order chi connectivity index (χ0) is 21.3. The fraction of sp³-hybridized carbons (Fsp3) is 1.00. The molecule has 1 aliphatic rings. The lowest BCUT2D eigenvalue weighted by Gasteiger charge is -2.45. The van der Waals surface area contributed by atoms with E-state index in [9.17, 15) is 0 Å². The van der Waals surface area contributed by atoms with E-state index in [2.05, 4.69) is 27.7 Å². The Morgan fingerprint density at radius 3 is 1.62 bits per heavy atom. The second-order valence-corrected chi connectivity index (χ2v) is 7.77. The standard InChI is InChI=1S/C23H46O6/c1-6-10-14-25-18-19-20(26-15-11-7-2)21(27-16-12-8-3)22(23(24-5)29-19)28-17-13-9-4/h19-23H,6-18H2,1-5H3/t19-,20+,21+,22-,23?/m1/s1. The average Bonchev–Trinajstić information content (AvgIpc) is 2.73. The maximum atomic E-state index is 6.33. The summed E-state index contributed by atoms with van der Waals surface area (Å²) >= 11 is 0. The summed E-state index contributed by atoms with van der Waals surface area (Å²) in [5.41, 5.74) is 0. The predicted molar refractivity (Wildman–Crippen MR) is 115 cm³/mol. The van der Waals surface area contributed by atoms with Crippen LogP contribution in [-0.4, -0.2) is 70.9 Å². The fourth-order valence-corrected chi connectivity index (χ4v) is 3.31. The molecule has 1 aliphatic heterocycles. The number of hydrogen-bond acceptors (Lipinski definition) is 6. The molecule has 0 aromatic heterocycles. The normalized spacial score (nSPS) is 27.4. The quantitative estimate of drug-likeness (QED) is 0.300. The average molecular weight is 419 g/mol. The van der Waals surface area contributed by atoms with Crippen LogP contribution < -0.4 is 0 Å². The van der Waals surface area contributed by atoms with Gasteiger partial charge in [-0.2, -0.15) is 0 Å². The van der Waals surface area contributed by atoms with E-state index in [1.807, 2.05) is 0 Å². The van der Waals surface area contributed by atoms with Crippen molar-refractivity contribution in [3.05, 3.63) is 0 Å². The van der Waals surface area contributed by atoms with Gasteiger partial charge in [0.05, 0.1) is 6.61 Å². The number of unbranched alkanes of at least 4 members (excludes halogenated alkanes) is 4. The molecule has 0 spiro atoms. The Kier molecular flexibility index (Phi) is 16.1. The smallest absolute Gasteiger partial charge is 0.186 e. The van der Waals surface area contributed by atoms with E-state index in [0.717, 1.165) is 58.0 Å². The van der Waals surface area contributed by atoms with Crippen molar-refractivity contribution in [1.82, 2.24) is 0 Å². The van der Waals surface area contributed by atoms with E-state index in [4.69, 9.17) is 28.4 Å². The first-order valence-corrected chi connectivity index (χ1v) is 11.8. The minimum absolute atomic E-state index is 0.224. The van der Waals surface area contributed by atoms with Crippen LogP contribution in [0, 0.1) is 0 Å². The second-order valence-electron chi connectivity index (χ2n) is 7.77. The van der Waals surface area contributed by atoms with E-state index < -0.39 is 6.29 Å². The summed E-state index contributed by atoms with van der Waals surface area (Å²) in [7, 11) is 1.66. The number of methoxy groups -OCH3 is 1. The zero-order valence-corrected chi connectivity index (χ0v) is 19.5. The lowest BCUT2D eigenvalue weighted by Crippen LogP contribution is -2.62. The van der Waals surface area contributed by atoms with Crippen LogP contribution in [0.1, 0.15) is 79.1 Å². The SMILES string of the molecule is CCCCOC[C@H]1OC(OC)[C@H](OCCCC)[C@@H](OCCCC)[C@H]1OCCCC. The van der Waals surface area contributed by atoms with Crippen LogP contribution in [0.4, 0.5) is 0 Å². The Bertz CT molecular complexity index is 367. The second kappa shape index (κ2) is 17.4. The molecule has 1 rings (SSSR count). The van der Waals surface area contributed by atoms with Gasteiger partial charge in [0, 0.05) is 33.5 Å². The highest BCUT2D eigenvalue weighted by atomic mass is 16.7. The van der Waals surface area contributed by atoms with Crippen LogP contribution in [0.15, 0.2) is 0 Å². The van der Waals surface area contributed by atoms with Crippen molar-refractivity contribution in [3.63, 3.8) is 0 Å². The van der Waals surface area contributed by atoms with E-state index >= 15 is 0 Å². The summed E-state index contributed by atoms with van der Waals surface area (Å²) in [5, 5.41) is 0. The molecule has 6 heteroatoms. The van der Waals surface area contributed by atoms with Crippen molar-refractivity contribution in [2.45, 2.75) is 110 Å². The molecule has 6 nitrogen and oxygen atoms in total. The zero-order valence-electron chi connectivity index (χ0n) is 19.5. The van der Waals surface area contributed by atoms with Crippen LogP contribution in [0.2, 0.25) is 0 Å². The van der Waals surface area contributed by atoms with Gasteiger partial charge in [-0.1, -0.05) is 53.4 Å². The van der Waals surface area contributed by atoms with Crippen LogP contribution in [-0.2, 0) is 28.4 Å². The maximum Gasteiger partial charge on any atom is 0.186 e. The van der Waals surface area contributed by atoms with Crippen LogP contribution >= 0.6 is 0 Å². The monoisotopic (exact) mass is 418 g/mol. The fourth-order valence-electron chi connectivity index (χ4n) is 3.31. The maximum absolute atomic E-state index is 6.33. The van der Waals surface area contributed by atoms with Gasteiger partial charge < -0.3 is 28.4 Å². The Labute approximate surface area is 178 Å². The molecule has 0 aliphatic carbocycles. The molecule has 1 heterocycles. The van der Waals surface area contributed by atoms with Crippen molar-refractivity contribution in [2.24, 2.45) is 0 Å². The Hall–Kier alpha value is -0.240. The third kappa shape index (κ3) is 10.1. The summed E-state index contributed by atoms with van der Waals surface area (Å²) in [6.45, 7) is 11.9. The van der Waals surface area contributed by atoms with Gasteiger partial charge in [-0.15, -0.1) is 0 Å². The minimum atomic E-state index is -0.482. The number of hydrogen-bond donors (Lipinski definition) is 0. The molecule has 0 N–H and O–H groups in total. The summed E-state index contributed by atoms with van der Waals surface area (Å²) < 4.78 is 36.7. The molecule has 1 fully saturated rings. The Morgan fingerprint density at radius 2 is 1.10 bits per heavy atom. The Morgan fingerprint density at radius 1 is 0.621 bits per heavy atom. The first-order valence-electron chi connectivity index (χ1n) is 11.8. The van der Waals surface area contributed by atoms with Crippen molar-refractivity contribution >= 4 is 0 Å². The van der Waals surface area contributed by atoms with E-state index in [1.165, 1.54) is 0 Å². The summed E-state index contributed by atoms with van der Waals surface area (Å²) in [6, 6.07) is 0. The Balaban J connectivity index is 2.92. The van der Waals surface area contributed by atoms with E-state index in [0.29, 0.717) is 26.4 Å². The minimum Gasteiger partial charge on any atom is -0.379 e. The van der Waals surface area contributed by atoms with Gasteiger partial charge in [-0.3, -0.25) is 0 Å².